The van der Waals surface area contributed by atoms with Crippen molar-refractivity contribution in [1.29, 1.82) is 0 Å². The normalized spacial score (nSPS) is 17.2. The average molecular weight is 290 g/mol. The van der Waals surface area contributed by atoms with Crippen molar-refractivity contribution in [2.75, 3.05) is 18.5 Å². The monoisotopic (exact) mass is 289 g/mol. The molecular weight excluding hydrogens is 274 g/mol. The number of nitrogens with zero attached hydrogens (tertiary/aromatic N) is 2. The van der Waals surface area contributed by atoms with Gasteiger partial charge in [-0.15, -0.1) is 0 Å². The highest BCUT2D eigenvalue weighted by molar-refractivity contribution is 6.29. The molecule has 2 aromatic rings. The van der Waals surface area contributed by atoms with Crippen LogP contribution in [-0.2, 0) is 0 Å². The predicted molar refractivity (Wildman–Crippen MR) is 79.6 cm³/mol. The van der Waals surface area contributed by atoms with Crippen LogP contribution in [0.3, 0.4) is 0 Å². The number of rotatable bonds is 3. The van der Waals surface area contributed by atoms with Gasteiger partial charge < -0.3 is 10.1 Å². The van der Waals surface area contributed by atoms with E-state index < -0.39 is 0 Å². The number of hydrogen-bond donors (Lipinski definition) is 1. The highest BCUT2D eigenvalue weighted by Gasteiger charge is 2.20. The van der Waals surface area contributed by atoms with Crippen molar-refractivity contribution in [2.24, 2.45) is 0 Å². The Labute approximate surface area is 123 Å². The van der Waals surface area contributed by atoms with Crippen LogP contribution in [0, 0.1) is 6.92 Å². The molecule has 20 heavy (non-hydrogen) atoms. The van der Waals surface area contributed by atoms with Gasteiger partial charge in [-0.25, -0.2) is 9.97 Å². The Morgan fingerprint density at radius 2 is 2.20 bits per heavy atom. The number of aryl methyl sites for hydroxylation is 1. The molecule has 0 saturated heterocycles. The predicted octanol–water partition coefficient (Wildman–Crippen LogP) is 3.42. The van der Waals surface area contributed by atoms with Crippen molar-refractivity contribution in [3.63, 3.8) is 0 Å². The number of fused-ring (bicyclic) bond motifs is 1. The molecule has 1 aliphatic heterocycles. The highest BCUT2D eigenvalue weighted by atomic mass is 35.5. The van der Waals surface area contributed by atoms with E-state index in [-0.39, 0.29) is 0 Å². The Kier molecular flexibility index (Phi) is 3.74. The first-order valence-electron chi connectivity index (χ1n) is 6.69. The second-order valence-electron chi connectivity index (χ2n) is 4.88. The molecule has 0 amide bonds. The number of para-hydroxylation sites is 1. The molecule has 1 N–H and O–H groups in total. The fraction of sp³-hybridized carbons (Fsp3) is 0.333. The van der Waals surface area contributed by atoms with Gasteiger partial charge in [0.25, 0.3) is 0 Å². The third-order valence-electron chi connectivity index (χ3n) is 3.42. The first-order valence-corrected chi connectivity index (χ1v) is 7.07. The molecule has 0 saturated carbocycles. The minimum atomic E-state index is 0.425. The number of anilines is 1. The summed E-state index contributed by atoms with van der Waals surface area (Å²) in [4.78, 5) is 8.40. The number of hydrogen-bond acceptors (Lipinski definition) is 4. The lowest BCUT2D eigenvalue weighted by atomic mass is 9.93. The summed E-state index contributed by atoms with van der Waals surface area (Å²) in [5, 5.41) is 3.81. The van der Waals surface area contributed by atoms with Gasteiger partial charge in [-0.3, -0.25) is 0 Å². The first-order chi connectivity index (χ1) is 9.72. The molecule has 0 aliphatic carbocycles. The number of ether oxygens (including phenoxy) is 1. The molecule has 0 spiro atoms. The van der Waals surface area contributed by atoms with Crippen LogP contribution in [0.2, 0.25) is 5.15 Å². The number of benzene rings is 1. The lowest BCUT2D eigenvalue weighted by molar-refractivity contribution is 0.270. The summed E-state index contributed by atoms with van der Waals surface area (Å²) >= 11 is 5.94. The molecule has 1 aliphatic rings. The van der Waals surface area contributed by atoms with E-state index in [4.69, 9.17) is 16.3 Å². The van der Waals surface area contributed by atoms with Crippen LogP contribution < -0.4 is 10.1 Å². The number of halogens is 1. The van der Waals surface area contributed by atoms with Gasteiger partial charge in [0.1, 0.15) is 22.5 Å². The van der Waals surface area contributed by atoms with Crippen LogP contribution in [-0.4, -0.2) is 23.1 Å². The fourth-order valence-corrected chi connectivity index (χ4v) is 2.70. The first kappa shape index (κ1) is 13.2. The van der Waals surface area contributed by atoms with Crippen molar-refractivity contribution in [1.82, 2.24) is 9.97 Å². The van der Waals surface area contributed by atoms with Gasteiger partial charge in [-0.1, -0.05) is 29.8 Å². The molecule has 2 heterocycles. The molecule has 5 heteroatoms. The van der Waals surface area contributed by atoms with Gasteiger partial charge in [-0.2, -0.15) is 0 Å². The van der Waals surface area contributed by atoms with Crippen molar-refractivity contribution >= 4 is 17.4 Å². The molecule has 4 nitrogen and oxygen atoms in total. The van der Waals surface area contributed by atoms with Crippen LogP contribution in [0.15, 0.2) is 30.3 Å². The molecule has 1 aromatic heterocycles. The van der Waals surface area contributed by atoms with E-state index in [2.05, 4.69) is 21.4 Å². The van der Waals surface area contributed by atoms with Crippen LogP contribution in [0.4, 0.5) is 5.82 Å². The standard InChI is InChI=1S/C15H16ClN3O/c1-10-18-14(16)8-15(19-10)17-9-11-6-7-20-13-5-3-2-4-12(11)13/h2-5,8,11H,6-7,9H2,1H3,(H,17,18,19). The summed E-state index contributed by atoms with van der Waals surface area (Å²) in [6, 6.07) is 9.94. The molecule has 0 bridgehead atoms. The summed E-state index contributed by atoms with van der Waals surface area (Å²) in [7, 11) is 0. The van der Waals surface area contributed by atoms with Crippen LogP contribution in [0.1, 0.15) is 23.7 Å². The van der Waals surface area contributed by atoms with Gasteiger partial charge in [0.2, 0.25) is 0 Å². The van der Waals surface area contributed by atoms with E-state index in [9.17, 15) is 0 Å². The summed E-state index contributed by atoms with van der Waals surface area (Å²) in [6.45, 7) is 3.40. The van der Waals surface area contributed by atoms with Crippen LogP contribution in [0.25, 0.3) is 0 Å². The van der Waals surface area contributed by atoms with Crippen LogP contribution >= 0.6 is 11.6 Å². The second kappa shape index (κ2) is 5.67. The summed E-state index contributed by atoms with van der Waals surface area (Å²) in [5.74, 6) is 2.86. The molecule has 1 atom stereocenters. The van der Waals surface area contributed by atoms with Crippen LogP contribution in [0.5, 0.6) is 5.75 Å². The maximum absolute atomic E-state index is 5.94. The van der Waals surface area contributed by atoms with Crippen molar-refractivity contribution in [3.8, 4) is 5.75 Å². The smallest absolute Gasteiger partial charge is 0.134 e. The Morgan fingerprint density at radius 3 is 3.05 bits per heavy atom. The molecule has 1 unspecified atom stereocenters. The minimum absolute atomic E-state index is 0.425. The van der Waals surface area contributed by atoms with Gasteiger partial charge in [0.15, 0.2) is 0 Å². The second-order valence-corrected chi connectivity index (χ2v) is 5.26. The zero-order chi connectivity index (χ0) is 13.9. The van der Waals surface area contributed by atoms with E-state index in [1.807, 2.05) is 25.1 Å². The largest absolute Gasteiger partial charge is 0.493 e. The fourth-order valence-electron chi connectivity index (χ4n) is 2.48. The zero-order valence-electron chi connectivity index (χ0n) is 11.3. The Morgan fingerprint density at radius 1 is 1.35 bits per heavy atom. The molecule has 0 fully saturated rings. The third kappa shape index (κ3) is 2.85. The Bertz CT molecular complexity index is 598. The lowest BCUT2D eigenvalue weighted by Crippen LogP contribution is -2.21. The maximum atomic E-state index is 5.94. The Balaban J connectivity index is 1.73. The van der Waals surface area contributed by atoms with Gasteiger partial charge in [0.05, 0.1) is 6.61 Å². The average Bonchev–Trinajstić information content (AvgIpc) is 2.44. The molecule has 104 valence electrons. The van der Waals surface area contributed by atoms with Gasteiger partial charge >= 0.3 is 0 Å². The molecule has 0 radical (unpaired) electrons. The van der Waals surface area contributed by atoms with E-state index in [0.29, 0.717) is 16.9 Å². The van der Waals surface area contributed by atoms with Crippen molar-refractivity contribution < 1.29 is 4.74 Å². The minimum Gasteiger partial charge on any atom is -0.493 e. The van der Waals surface area contributed by atoms with E-state index in [0.717, 1.165) is 31.1 Å². The van der Waals surface area contributed by atoms with E-state index >= 15 is 0 Å². The lowest BCUT2D eigenvalue weighted by Gasteiger charge is -2.26. The summed E-state index contributed by atoms with van der Waals surface area (Å²) < 4.78 is 5.67. The summed E-state index contributed by atoms with van der Waals surface area (Å²) in [5.41, 5.74) is 1.25. The molecular formula is C15H16ClN3O. The quantitative estimate of drug-likeness (QED) is 0.880. The van der Waals surface area contributed by atoms with Crippen molar-refractivity contribution in [2.45, 2.75) is 19.3 Å². The zero-order valence-corrected chi connectivity index (χ0v) is 12.0. The summed E-state index contributed by atoms with van der Waals surface area (Å²) in [6.07, 6.45) is 1.00. The number of nitrogens with one attached hydrogen (secondary N) is 1. The number of aromatic nitrogens is 2. The molecule has 3 rings (SSSR count). The third-order valence-corrected chi connectivity index (χ3v) is 3.61. The maximum Gasteiger partial charge on any atom is 0.134 e. The topological polar surface area (TPSA) is 47.0 Å². The van der Waals surface area contributed by atoms with Gasteiger partial charge in [0, 0.05) is 18.5 Å². The Hall–Kier alpha value is -1.81. The van der Waals surface area contributed by atoms with E-state index in [1.54, 1.807) is 6.07 Å². The van der Waals surface area contributed by atoms with E-state index in [1.165, 1.54) is 5.56 Å². The highest BCUT2D eigenvalue weighted by Crippen LogP contribution is 2.33. The van der Waals surface area contributed by atoms with Crippen molar-refractivity contribution in [3.05, 3.63) is 46.9 Å². The molecule has 1 aromatic carbocycles. The van der Waals surface area contributed by atoms with Gasteiger partial charge in [-0.05, 0) is 25.0 Å². The SMILES string of the molecule is Cc1nc(Cl)cc(NCC2CCOc3ccccc32)n1.